The van der Waals surface area contributed by atoms with Gasteiger partial charge in [-0.3, -0.25) is 4.90 Å². The summed E-state index contributed by atoms with van der Waals surface area (Å²) in [6.45, 7) is 5.81. The quantitative estimate of drug-likeness (QED) is 0.647. The Bertz CT molecular complexity index is 788. The molecule has 3 aliphatic rings. The van der Waals surface area contributed by atoms with Gasteiger partial charge in [0, 0.05) is 44.0 Å². The molecule has 0 aliphatic carbocycles. The van der Waals surface area contributed by atoms with Crippen LogP contribution in [0.2, 0.25) is 0 Å². The largest absolute Gasteiger partial charge is 0.465 e. The number of thioether (sulfide) groups is 1. The van der Waals surface area contributed by atoms with Crippen LogP contribution in [-0.2, 0) is 9.47 Å². The Morgan fingerprint density at radius 3 is 2.65 bits per heavy atom. The first-order chi connectivity index (χ1) is 15.1. The Morgan fingerprint density at radius 1 is 1.19 bits per heavy atom. The summed E-state index contributed by atoms with van der Waals surface area (Å²) in [4.78, 5) is 29.6. The Morgan fingerprint density at radius 2 is 1.97 bits per heavy atom. The number of urea groups is 1. The van der Waals surface area contributed by atoms with Crippen molar-refractivity contribution >= 4 is 35.1 Å². The standard InChI is InChI=1S/C22H32N4O4S/c1-29-20(27)17-4-5-19(25-7-2-3-8-25)18(14-17)24-21(28)23-15-22(6-13-31-16-22)26-9-11-30-12-10-26/h4-5,14H,2-3,6-13,15-16H2,1H3,(H2,23,24,28). The summed E-state index contributed by atoms with van der Waals surface area (Å²) in [5, 5.41) is 6.11. The highest BCUT2D eigenvalue weighted by atomic mass is 32.2. The van der Waals surface area contributed by atoms with E-state index >= 15 is 0 Å². The monoisotopic (exact) mass is 448 g/mol. The molecule has 0 radical (unpaired) electrons. The molecule has 2 amide bonds. The van der Waals surface area contributed by atoms with E-state index in [0.717, 1.165) is 75.8 Å². The lowest BCUT2D eigenvalue weighted by Gasteiger charge is -2.43. The number of carbonyl (C=O) groups excluding carboxylic acids is 2. The fraction of sp³-hybridized carbons (Fsp3) is 0.636. The van der Waals surface area contributed by atoms with E-state index in [1.807, 2.05) is 17.8 Å². The third kappa shape index (κ3) is 5.10. The van der Waals surface area contributed by atoms with E-state index in [-0.39, 0.29) is 11.6 Å². The summed E-state index contributed by atoms with van der Waals surface area (Å²) in [5.41, 5.74) is 2.00. The molecule has 3 fully saturated rings. The molecule has 0 spiro atoms. The van der Waals surface area contributed by atoms with E-state index in [9.17, 15) is 9.59 Å². The highest BCUT2D eigenvalue weighted by Crippen LogP contribution is 2.34. The maximum atomic E-state index is 12.9. The highest BCUT2D eigenvalue weighted by Gasteiger charge is 2.40. The number of carbonyl (C=O) groups is 2. The molecule has 170 valence electrons. The van der Waals surface area contributed by atoms with Gasteiger partial charge in [-0.05, 0) is 43.2 Å². The van der Waals surface area contributed by atoms with Crippen LogP contribution in [0.15, 0.2) is 18.2 Å². The zero-order valence-electron chi connectivity index (χ0n) is 18.2. The molecule has 4 rings (SSSR count). The number of benzene rings is 1. The Hall–Kier alpha value is -1.97. The van der Waals surface area contributed by atoms with Gasteiger partial charge in [0.1, 0.15) is 0 Å². The molecule has 1 aromatic rings. The zero-order chi connectivity index (χ0) is 21.7. The van der Waals surface area contributed by atoms with E-state index in [0.29, 0.717) is 17.8 Å². The van der Waals surface area contributed by atoms with Crippen LogP contribution in [0, 0.1) is 0 Å². The van der Waals surface area contributed by atoms with Gasteiger partial charge in [0.05, 0.1) is 37.3 Å². The zero-order valence-corrected chi connectivity index (χ0v) is 19.0. The third-order valence-corrected chi connectivity index (χ3v) is 7.69. The maximum Gasteiger partial charge on any atom is 0.337 e. The summed E-state index contributed by atoms with van der Waals surface area (Å²) in [6.07, 6.45) is 3.32. The van der Waals surface area contributed by atoms with Gasteiger partial charge in [0.15, 0.2) is 0 Å². The minimum absolute atomic E-state index is 0.0164. The van der Waals surface area contributed by atoms with E-state index in [4.69, 9.17) is 9.47 Å². The SMILES string of the molecule is COC(=O)c1ccc(N2CCCC2)c(NC(=O)NCC2(N3CCOCC3)CCSC2)c1. The van der Waals surface area contributed by atoms with Crippen LogP contribution in [0.5, 0.6) is 0 Å². The highest BCUT2D eigenvalue weighted by molar-refractivity contribution is 7.99. The molecular weight excluding hydrogens is 416 g/mol. The number of anilines is 2. The lowest BCUT2D eigenvalue weighted by molar-refractivity contribution is -0.0123. The number of nitrogens with zero attached hydrogens (tertiary/aromatic N) is 2. The van der Waals surface area contributed by atoms with Gasteiger partial charge in [-0.25, -0.2) is 9.59 Å². The molecule has 0 bridgehead atoms. The summed E-state index contributed by atoms with van der Waals surface area (Å²) < 4.78 is 10.4. The van der Waals surface area contributed by atoms with Crippen molar-refractivity contribution in [3.05, 3.63) is 23.8 Å². The van der Waals surface area contributed by atoms with Crippen molar-refractivity contribution in [2.24, 2.45) is 0 Å². The first kappa shape index (κ1) is 22.2. The predicted octanol–water partition coefficient (Wildman–Crippen LogP) is 2.40. The van der Waals surface area contributed by atoms with Crippen LogP contribution >= 0.6 is 11.8 Å². The number of hydrogen-bond acceptors (Lipinski definition) is 7. The Kier molecular flexibility index (Phi) is 7.24. The first-order valence-corrected chi connectivity index (χ1v) is 12.2. The number of nitrogens with one attached hydrogen (secondary N) is 2. The number of esters is 1. The molecule has 3 saturated heterocycles. The second-order valence-corrected chi connectivity index (χ2v) is 9.46. The third-order valence-electron chi connectivity index (χ3n) is 6.46. The van der Waals surface area contributed by atoms with E-state index in [2.05, 4.69) is 20.4 Å². The lowest BCUT2D eigenvalue weighted by Crippen LogP contribution is -2.59. The van der Waals surface area contributed by atoms with Gasteiger partial charge in [-0.2, -0.15) is 11.8 Å². The van der Waals surface area contributed by atoms with Gasteiger partial charge in [-0.1, -0.05) is 0 Å². The smallest absolute Gasteiger partial charge is 0.337 e. The van der Waals surface area contributed by atoms with Crippen molar-refractivity contribution in [3.63, 3.8) is 0 Å². The summed E-state index contributed by atoms with van der Waals surface area (Å²) in [5.74, 6) is 1.72. The first-order valence-electron chi connectivity index (χ1n) is 11.0. The van der Waals surface area contributed by atoms with Crippen molar-refractivity contribution in [1.29, 1.82) is 0 Å². The molecule has 1 aromatic carbocycles. The van der Waals surface area contributed by atoms with Crippen molar-refractivity contribution in [1.82, 2.24) is 10.2 Å². The number of hydrogen-bond donors (Lipinski definition) is 2. The normalized spacial score (nSPS) is 24.2. The van der Waals surface area contributed by atoms with Gasteiger partial charge in [-0.15, -0.1) is 0 Å². The fourth-order valence-electron chi connectivity index (χ4n) is 4.66. The molecule has 8 nitrogen and oxygen atoms in total. The summed E-state index contributed by atoms with van der Waals surface area (Å²) in [6, 6.07) is 5.12. The van der Waals surface area contributed by atoms with E-state index < -0.39 is 5.97 Å². The fourth-order valence-corrected chi connectivity index (χ4v) is 6.14. The average Bonchev–Trinajstić information content (AvgIpc) is 3.51. The second-order valence-electron chi connectivity index (χ2n) is 8.35. The maximum absolute atomic E-state index is 12.9. The van der Waals surface area contributed by atoms with E-state index in [1.165, 1.54) is 7.11 Å². The molecule has 0 saturated carbocycles. The van der Waals surface area contributed by atoms with E-state index in [1.54, 1.807) is 12.1 Å². The average molecular weight is 449 g/mol. The van der Waals surface area contributed by atoms with Crippen LogP contribution in [0.1, 0.15) is 29.6 Å². The molecule has 2 N–H and O–H groups in total. The second kappa shape index (κ2) is 10.1. The molecule has 31 heavy (non-hydrogen) atoms. The number of morpholine rings is 1. The number of rotatable bonds is 6. The number of methoxy groups -OCH3 is 1. The number of amides is 2. The van der Waals surface area contributed by atoms with Crippen LogP contribution in [-0.4, -0.2) is 87.0 Å². The van der Waals surface area contributed by atoms with Gasteiger partial charge in [0.25, 0.3) is 0 Å². The van der Waals surface area contributed by atoms with Crippen molar-refractivity contribution in [3.8, 4) is 0 Å². The van der Waals surface area contributed by atoms with Gasteiger partial charge < -0.3 is 25.0 Å². The van der Waals surface area contributed by atoms with Crippen molar-refractivity contribution in [2.45, 2.75) is 24.8 Å². The molecule has 1 atom stereocenters. The molecule has 3 heterocycles. The summed E-state index contributed by atoms with van der Waals surface area (Å²) >= 11 is 1.94. The van der Waals surface area contributed by atoms with Crippen LogP contribution in [0.25, 0.3) is 0 Å². The van der Waals surface area contributed by atoms with Crippen LogP contribution in [0.3, 0.4) is 0 Å². The molecule has 3 aliphatic heterocycles. The van der Waals surface area contributed by atoms with Crippen molar-refractivity contribution < 1.29 is 19.1 Å². The van der Waals surface area contributed by atoms with Gasteiger partial charge in [0.2, 0.25) is 0 Å². The molecule has 1 unspecified atom stereocenters. The van der Waals surface area contributed by atoms with Crippen LogP contribution < -0.4 is 15.5 Å². The predicted molar refractivity (Wildman–Crippen MR) is 123 cm³/mol. The minimum Gasteiger partial charge on any atom is -0.465 e. The molecule has 0 aromatic heterocycles. The van der Waals surface area contributed by atoms with Crippen molar-refractivity contribution in [2.75, 3.05) is 74.8 Å². The minimum atomic E-state index is -0.411. The van der Waals surface area contributed by atoms with Crippen LogP contribution in [0.4, 0.5) is 16.2 Å². The Balaban J connectivity index is 1.46. The Labute approximate surface area is 188 Å². The van der Waals surface area contributed by atoms with Gasteiger partial charge >= 0.3 is 12.0 Å². The molecular formula is C22H32N4O4S. The number of ether oxygens (including phenoxy) is 2. The topological polar surface area (TPSA) is 83.1 Å². The summed E-state index contributed by atoms with van der Waals surface area (Å²) in [7, 11) is 1.36. The lowest BCUT2D eigenvalue weighted by atomic mass is 9.95. The molecule has 9 heteroatoms.